The molecule has 1 amide bonds. The van der Waals surface area contributed by atoms with Crippen molar-refractivity contribution in [3.8, 4) is 0 Å². The monoisotopic (exact) mass is 383 g/mol. The molecule has 0 aromatic carbocycles. The minimum Gasteiger partial charge on any atom is -0.364 e. The SMILES string of the molecule is Cc1nsc(N2CCN(C(=O)[C@@H]3CC[C@H](CN)O3)CC2)n1.Cl.Cl. The maximum atomic E-state index is 12.4. The lowest BCUT2D eigenvalue weighted by Gasteiger charge is -2.35. The van der Waals surface area contributed by atoms with Crippen molar-refractivity contribution in [3.05, 3.63) is 5.82 Å². The van der Waals surface area contributed by atoms with Gasteiger partial charge in [0.25, 0.3) is 5.91 Å². The number of ether oxygens (including phenoxy) is 1. The molecule has 2 atom stereocenters. The molecular formula is C13H23Cl2N5O2S. The van der Waals surface area contributed by atoms with Crippen LogP contribution in [0.1, 0.15) is 18.7 Å². The molecule has 2 saturated heterocycles. The van der Waals surface area contributed by atoms with E-state index in [9.17, 15) is 4.79 Å². The molecule has 2 aliphatic heterocycles. The summed E-state index contributed by atoms with van der Waals surface area (Å²) in [6.45, 7) is 5.41. The minimum absolute atomic E-state index is 0. The van der Waals surface area contributed by atoms with Gasteiger partial charge in [-0.1, -0.05) is 0 Å². The molecule has 23 heavy (non-hydrogen) atoms. The summed E-state index contributed by atoms with van der Waals surface area (Å²) in [4.78, 5) is 20.9. The molecule has 2 aliphatic rings. The van der Waals surface area contributed by atoms with Crippen molar-refractivity contribution in [2.45, 2.75) is 32.0 Å². The molecule has 0 aliphatic carbocycles. The molecule has 132 valence electrons. The highest BCUT2D eigenvalue weighted by Gasteiger charge is 2.34. The first-order chi connectivity index (χ1) is 10.2. The summed E-state index contributed by atoms with van der Waals surface area (Å²) in [5.74, 6) is 0.916. The Balaban J connectivity index is 0.00000132. The number of hydrogen-bond donors (Lipinski definition) is 1. The molecule has 10 heteroatoms. The van der Waals surface area contributed by atoms with Crippen molar-refractivity contribution < 1.29 is 9.53 Å². The van der Waals surface area contributed by atoms with E-state index in [4.69, 9.17) is 10.5 Å². The van der Waals surface area contributed by atoms with Crippen LogP contribution in [0.2, 0.25) is 0 Å². The van der Waals surface area contributed by atoms with E-state index in [1.54, 1.807) is 0 Å². The van der Waals surface area contributed by atoms with E-state index in [1.807, 2.05) is 11.8 Å². The molecular weight excluding hydrogens is 361 g/mol. The van der Waals surface area contributed by atoms with Crippen LogP contribution in [0.5, 0.6) is 0 Å². The lowest BCUT2D eigenvalue weighted by molar-refractivity contribution is -0.143. The summed E-state index contributed by atoms with van der Waals surface area (Å²) in [7, 11) is 0. The van der Waals surface area contributed by atoms with Crippen molar-refractivity contribution in [3.63, 3.8) is 0 Å². The molecule has 1 aromatic rings. The number of aryl methyl sites for hydroxylation is 1. The predicted molar refractivity (Wildman–Crippen MR) is 94.9 cm³/mol. The maximum absolute atomic E-state index is 12.4. The van der Waals surface area contributed by atoms with Crippen LogP contribution in [0.25, 0.3) is 0 Å². The highest BCUT2D eigenvalue weighted by molar-refractivity contribution is 7.09. The Morgan fingerprint density at radius 1 is 1.30 bits per heavy atom. The smallest absolute Gasteiger partial charge is 0.251 e. The Morgan fingerprint density at radius 3 is 2.52 bits per heavy atom. The molecule has 0 saturated carbocycles. The average Bonchev–Trinajstić information content (AvgIpc) is 3.15. The highest BCUT2D eigenvalue weighted by Crippen LogP contribution is 2.23. The van der Waals surface area contributed by atoms with Gasteiger partial charge in [-0.05, 0) is 19.8 Å². The quantitative estimate of drug-likeness (QED) is 0.832. The molecule has 0 bridgehead atoms. The van der Waals surface area contributed by atoms with Crippen LogP contribution in [-0.4, -0.2) is 65.1 Å². The molecule has 2 fully saturated rings. The number of carbonyl (C=O) groups excluding carboxylic acids is 1. The van der Waals surface area contributed by atoms with Gasteiger partial charge in [-0.2, -0.15) is 4.37 Å². The molecule has 3 heterocycles. The number of hydrogen-bond acceptors (Lipinski definition) is 7. The number of halogens is 2. The van der Waals surface area contributed by atoms with Crippen LogP contribution in [0, 0.1) is 6.92 Å². The van der Waals surface area contributed by atoms with E-state index in [-0.39, 0.29) is 42.9 Å². The molecule has 0 unspecified atom stereocenters. The van der Waals surface area contributed by atoms with Gasteiger partial charge in [0.05, 0.1) is 6.10 Å². The number of carbonyl (C=O) groups is 1. The van der Waals surface area contributed by atoms with E-state index < -0.39 is 0 Å². The second-order valence-electron chi connectivity index (χ2n) is 5.50. The lowest BCUT2D eigenvalue weighted by Crippen LogP contribution is -2.51. The molecule has 7 nitrogen and oxygen atoms in total. The standard InChI is InChI=1S/C13H21N5O2S.2ClH/c1-9-15-13(21-16-9)18-6-4-17(5-7-18)12(19)11-3-2-10(8-14)20-11;;/h10-11H,2-8,14H2,1H3;2*1H/t10-,11+;;/m1../s1. The molecule has 0 spiro atoms. The first-order valence-corrected chi connectivity index (χ1v) is 8.14. The first kappa shape index (κ1) is 20.4. The van der Waals surface area contributed by atoms with Crippen LogP contribution in [0.15, 0.2) is 0 Å². The predicted octanol–water partition coefficient (Wildman–Crippen LogP) is 0.845. The molecule has 0 radical (unpaired) electrons. The summed E-state index contributed by atoms with van der Waals surface area (Å²) in [6, 6.07) is 0. The number of piperazine rings is 1. The normalized spacial score (nSPS) is 24.1. The van der Waals surface area contributed by atoms with Crippen molar-refractivity contribution in [1.29, 1.82) is 0 Å². The van der Waals surface area contributed by atoms with Crippen LogP contribution in [-0.2, 0) is 9.53 Å². The van der Waals surface area contributed by atoms with Crippen LogP contribution in [0.4, 0.5) is 5.13 Å². The van der Waals surface area contributed by atoms with Gasteiger partial charge in [0, 0.05) is 44.3 Å². The average molecular weight is 384 g/mol. The van der Waals surface area contributed by atoms with Crippen LogP contribution in [0.3, 0.4) is 0 Å². The zero-order valence-electron chi connectivity index (χ0n) is 13.0. The fourth-order valence-corrected chi connectivity index (χ4v) is 3.52. The fraction of sp³-hybridized carbons (Fsp3) is 0.769. The van der Waals surface area contributed by atoms with Gasteiger partial charge in [0.1, 0.15) is 11.9 Å². The van der Waals surface area contributed by atoms with Gasteiger partial charge in [0.15, 0.2) is 0 Å². The maximum Gasteiger partial charge on any atom is 0.251 e. The van der Waals surface area contributed by atoms with Crippen LogP contribution >= 0.6 is 36.3 Å². The highest BCUT2D eigenvalue weighted by atomic mass is 35.5. The minimum atomic E-state index is -0.297. The van der Waals surface area contributed by atoms with E-state index in [2.05, 4.69) is 14.3 Å². The second-order valence-corrected chi connectivity index (χ2v) is 6.23. The third kappa shape index (κ3) is 4.67. The van der Waals surface area contributed by atoms with Gasteiger partial charge < -0.3 is 20.3 Å². The zero-order chi connectivity index (χ0) is 14.8. The third-order valence-corrected chi connectivity index (χ3v) is 4.89. The molecule has 3 rings (SSSR count). The van der Waals surface area contributed by atoms with E-state index in [0.29, 0.717) is 19.6 Å². The second kappa shape index (κ2) is 8.98. The van der Waals surface area contributed by atoms with E-state index in [0.717, 1.165) is 36.9 Å². The first-order valence-electron chi connectivity index (χ1n) is 7.37. The van der Waals surface area contributed by atoms with Gasteiger partial charge in [0.2, 0.25) is 5.13 Å². The largest absolute Gasteiger partial charge is 0.364 e. The number of amides is 1. The number of rotatable bonds is 3. The summed E-state index contributed by atoms with van der Waals surface area (Å²) in [6.07, 6.45) is 1.42. The van der Waals surface area contributed by atoms with Gasteiger partial charge >= 0.3 is 0 Å². The number of aromatic nitrogens is 2. The Labute approximate surface area is 152 Å². The van der Waals surface area contributed by atoms with Gasteiger partial charge in [-0.25, -0.2) is 4.98 Å². The fourth-order valence-electron chi connectivity index (χ4n) is 2.80. The van der Waals surface area contributed by atoms with E-state index in [1.165, 1.54) is 11.5 Å². The zero-order valence-corrected chi connectivity index (χ0v) is 15.5. The summed E-state index contributed by atoms with van der Waals surface area (Å²) in [5.41, 5.74) is 5.59. The van der Waals surface area contributed by atoms with E-state index >= 15 is 0 Å². The number of anilines is 1. The Kier molecular flexibility index (Phi) is 7.96. The molecule has 1 aromatic heterocycles. The van der Waals surface area contributed by atoms with Gasteiger partial charge in [-0.3, -0.25) is 4.79 Å². The van der Waals surface area contributed by atoms with Crippen molar-refractivity contribution in [2.24, 2.45) is 5.73 Å². The van der Waals surface area contributed by atoms with Gasteiger partial charge in [-0.15, -0.1) is 24.8 Å². The number of nitrogens with two attached hydrogens (primary N) is 1. The van der Waals surface area contributed by atoms with Crippen molar-refractivity contribution >= 4 is 47.4 Å². The lowest BCUT2D eigenvalue weighted by atomic mass is 10.1. The van der Waals surface area contributed by atoms with Crippen LogP contribution < -0.4 is 10.6 Å². The summed E-state index contributed by atoms with van der Waals surface area (Å²) < 4.78 is 9.89. The summed E-state index contributed by atoms with van der Waals surface area (Å²) >= 11 is 1.42. The number of nitrogens with zero attached hydrogens (tertiary/aromatic N) is 4. The third-order valence-electron chi connectivity index (χ3n) is 4.02. The Bertz CT molecular complexity index is 510. The molecule has 2 N–H and O–H groups in total. The topological polar surface area (TPSA) is 84.6 Å². The Hall–Kier alpha value is -0.670. The Morgan fingerprint density at radius 2 is 2.00 bits per heavy atom. The summed E-state index contributed by atoms with van der Waals surface area (Å²) in [5, 5.41) is 0.944. The van der Waals surface area contributed by atoms with Crippen molar-refractivity contribution in [2.75, 3.05) is 37.6 Å². The van der Waals surface area contributed by atoms with Crippen molar-refractivity contribution in [1.82, 2.24) is 14.3 Å².